The Hall–Kier alpha value is -0.660. The third-order valence-electron chi connectivity index (χ3n) is 2.66. The topological polar surface area (TPSA) is 84.2 Å². The quantitative estimate of drug-likeness (QED) is 0.461. The first kappa shape index (κ1) is 15.4. The van der Waals surface area contributed by atoms with Crippen LogP contribution in [0, 0.1) is 0 Å². The van der Waals surface area contributed by atoms with E-state index >= 15 is 0 Å². The van der Waals surface area contributed by atoms with Crippen LogP contribution in [0.25, 0.3) is 0 Å². The smallest absolute Gasteiger partial charge is 0.173 e. The number of rotatable bonds is 7. The summed E-state index contributed by atoms with van der Waals surface area (Å²) in [5.74, 6) is 0.0886. The van der Waals surface area contributed by atoms with Crippen molar-refractivity contribution in [3.8, 4) is 0 Å². The molecule has 0 aromatic rings. The van der Waals surface area contributed by atoms with Crippen LogP contribution in [0.1, 0.15) is 25.7 Å². The van der Waals surface area contributed by atoms with Gasteiger partial charge >= 0.3 is 0 Å². The summed E-state index contributed by atoms with van der Waals surface area (Å²) in [6, 6.07) is -0.202. The minimum absolute atomic E-state index is 0.0886. The van der Waals surface area contributed by atoms with Crippen molar-refractivity contribution in [2.75, 3.05) is 18.8 Å². The van der Waals surface area contributed by atoms with Crippen LogP contribution in [0.15, 0.2) is 11.5 Å². The van der Waals surface area contributed by atoms with E-state index in [1.807, 2.05) is 0 Å². The Labute approximate surface area is 114 Å². The molecule has 0 aromatic carbocycles. The predicted octanol–water partition coefficient (Wildman–Crippen LogP) is 0.280. The molecule has 1 aliphatic heterocycles. The Morgan fingerprint density at radius 1 is 1.33 bits per heavy atom. The van der Waals surface area contributed by atoms with Crippen LogP contribution in [0.2, 0.25) is 0 Å². The van der Waals surface area contributed by atoms with Gasteiger partial charge in [-0.2, -0.15) is 0 Å². The molecule has 1 rings (SSSR count). The summed E-state index contributed by atoms with van der Waals surface area (Å²) in [6.07, 6.45) is 6.01. The van der Waals surface area contributed by atoms with Gasteiger partial charge in [0, 0.05) is 12.0 Å². The molecule has 104 valence electrons. The van der Waals surface area contributed by atoms with Crippen molar-refractivity contribution in [1.82, 2.24) is 10.6 Å². The third-order valence-corrected chi connectivity index (χ3v) is 4.32. The molecule has 1 heterocycles. The third kappa shape index (κ3) is 6.32. The molecular weight excluding hydrogens is 270 g/mol. The largest absolute Gasteiger partial charge is 0.363 e. The normalized spacial score (nSPS) is 20.8. The molecule has 1 atom stereocenters. The summed E-state index contributed by atoms with van der Waals surface area (Å²) < 4.78 is 22.4. The fraction of sp³-hybridized carbons (Fsp3) is 0.727. The first-order chi connectivity index (χ1) is 8.53. The van der Waals surface area contributed by atoms with Crippen molar-refractivity contribution < 1.29 is 8.42 Å². The maximum Gasteiger partial charge on any atom is 0.173 e. The van der Waals surface area contributed by atoms with Crippen LogP contribution < -0.4 is 16.4 Å². The Balaban J connectivity index is 2.06. The molecule has 0 saturated carbocycles. The highest BCUT2D eigenvalue weighted by molar-refractivity contribution is 7.94. The molecule has 0 fully saturated rings. The molecule has 5 nitrogen and oxygen atoms in total. The van der Waals surface area contributed by atoms with Gasteiger partial charge in [0.1, 0.15) is 0 Å². The van der Waals surface area contributed by atoms with Gasteiger partial charge in [0.2, 0.25) is 0 Å². The number of sulfone groups is 1. The molecule has 1 aliphatic rings. The van der Waals surface area contributed by atoms with E-state index in [9.17, 15) is 8.42 Å². The van der Waals surface area contributed by atoms with Gasteiger partial charge in [-0.1, -0.05) is 12.8 Å². The Bertz CT molecular complexity index is 393. The summed E-state index contributed by atoms with van der Waals surface area (Å²) >= 11 is 5.10. The van der Waals surface area contributed by atoms with Crippen molar-refractivity contribution in [1.29, 1.82) is 0 Å². The molecule has 0 radical (unpaired) electrons. The lowest BCUT2D eigenvalue weighted by atomic mass is 10.2. The lowest BCUT2D eigenvalue weighted by Gasteiger charge is -2.14. The fourth-order valence-electron chi connectivity index (χ4n) is 1.71. The highest BCUT2D eigenvalue weighted by Crippen LogP contribution is 2.07. The number of nitrogens with two attached hydrogens (primary N) is 1. The first-order valence-electron chi connectivity index (χ1n) is 6.19. The summed E-state index contributed by atoms with van der Waals surface area (Å²) in [4.78, 5) is 0. The molecule has 1 unspecified atom stereocenters. The van der Waals surface area contributed by atoms with Crippen LogP contribution in [-0.2, 0) is 9.84 Å². The summed E-state index contributed by atoms with van der Waals surface area (Å²) in [6.45, 7) is 1.55. The second-order valence-electron chi connectivity index (χ2n) is 4.37. The summed E-state index contributed by atoms with van der Waals surface area (Å²) in [5.41, 5.74) is 5.40. The zero-order chi connectivity index (χ0) is 13.4. The van der Waals surface area contributed by atoms with Gasteiger partial charge in [-0.15, -0.1) is 0 Å². The van der Waals surface area contributed by atoms with E-state index in [0.717, 1.165) is 38.8 Å². The summed E-state index contributed by atoms with van der Waals surface area (Å²) in [7, 11) is -3.02. The number of thiocarbonyl (C=S) groups is 1. The molecule has 0 amide bonds. The molecule has 18 heavy (non-hydrogen) atoms. The van der Waals surface area contributed by atoms with Crippen molar-refractivity contribution in [3.05, 3.63) is 11.5 Å². The molecule has 7 heteroatoms. The maximum absolute atomic E-state index is 11.2. The van der Waals surface area contributed by atoms with Gasteiger partial charge in [-0.3, -0.25) is 0 Å². The minimum atomic E-state index is -3.02. The monoisotopic (exact) mass is 291 g/mol. The van der Waals surface area contributed by atoms with Crippen LogP contribution in [0.5, 0.6) is 0 Å². The Morgan fingerprint density at radius 2 is 2.06 bits per heavy atom. The zero-order valence-electron chi connectivity index (χ0n) is 10.4. The minimum Gasteiger partial charge on any atom is -0.363 e. The summed E-state index contributed by atoms with van der Waals surface area (Å²) in [5, 5.41) is 7.80. The first-order valence-corrected chi connectivity index (χ1v) is 8.31. The second kappa shape index (κ2) is 7.70. The van der Waals surface area contributed by atoms with Gasteiger partial charge in [-0.25, -0.2) is 8.42 Å². The van der Waals surface area contributed by atoms with Crippen molar-refractivity contribution in [2.45, 2.75) is 31.7 Å². The maximum atomic E-state index is 11.2. The second-order valence-corrected chi connectivity index (χ2v) is 6.71. The highest BCUT2D eigenvalue weighted by atomic mass is 32.2. The average Bonchev–Trinajstić information content (AvgIpc) is 2.63. The lowest BCUT2D eigenvalue weighted by molar-refractivity contribution is 0.601. The van der Waals surface area contributed by atoms with E-state index in [-0.39, 0.29) is 11.8 Å². The average molecular weight is 291 g/mol. The van der Waals surface area contributed by atoms with E-state index in [0.29, 0.717) is 5.11 Å². The SMILES string of the molecule is NCCCCCCNC(=S)NC1C=CS(=O)(=O)C1. The van der Waals surface area contributed by atoms with Crippen LogP contribution in [0.3, 0.4) is 0 Å². The molecular formula is C11H21N3O2S2. The molecule has 0 aromatic heterocycles. The van der Waals surface area contributed by atoms with Gasteiger partial charge in [0.05, 0.1) is 11.8 Å². The zero-order valence-corrected chi connectivity index (χ0v) is 12.0. The van der Waals surface area contributed by atoms with Crippen molar-refractivity contribution in [3.63, 3.8) is 0 Å². The Kier molecular flexibility index (Phi) is 6.59. The number of hydrogen-bond acceptors (Lipinski definition) is 4. The lowest BCUT2D eigenvalue weighted by Crippen LogP contribution is -2.42. The number of nitrogens with one attached hydrogen (secondary N) is 2. The van der Waals surface area contributed by atoms with Crippen molar-refractivity contribution in [2.24, 2.45) is 5.73 Å². The van der Waals surface area contributed by atoms with Crippen molar-refractivity contribution >= 4 is 27.2 Å². The highest BCUT2D eigenvalue weighted by Gasteiger charge is 2.21. The molecule has 0 spiro atoms. The van der Waals surface area contributed by atoms with E-state index in [4.69, 9.17) is 18.0 Å². The van der Waals surface area contributed by atoms with E-state index in [1.165, 1.54) is 5.41 Å². The van der Waals surface area contributed by atoms with E-state index in [1.54, 1.807) is 6.08 Å². The van der Waals surface area contributed by atoms with Gasteiger partial charge in [0.15, 0.2) is 14.9 Å². The fourth-order valence-corrected chi connectivity index (χ4v) is 3.20. The van der Waals surface area contributed by atoms with E-state index in [2.05, 4.69) is 10.6 Å². The number of unbranched alkanes of at least 4 members (excludes halogenated alkanes) is 3. The van der Waals surface area contributed by atoms with Crippen LogP contribution in [-0.4, -0.2) is 38.4 Å². The van der Waals surface area contributed by atoms with Gasteiger partial charge in [0.25, 0.3) is 0 Å². The molecule has 0 saturated heterocycles. The Morgan fingerprint density at radius 3 is 2.67 bits per heavy atom. The predicted molar refractivity (Wildman–Crippen MR) is 78.0 cm³/mol. The molecule has 4 N–H and O–H groups in total. The van der Waals surface area contributed by atoms with Gasteiger partial charge < -0.3 is 16.4 Å². The number of hydrogen-bond donors (Lipinski definition) is 3. The standard InChI is InChI=1S/C11H21N3O2S2/c12-6-3-1-2-4-7-13-11(17)14-10-5-8-18(15,16)9-10/h5,8,10H,1-4,6-7,9,12H2,(H2,13,14,17). The van der Waals surface area contributed by atoms with Crippen LogP contribution >= 0.6 is 12.2 Å². The van der Waals surface area contributed by atoms with Gasteiger partial charge in [-0.05, 0) is 37.7 Å². The van der Waals surface area contributed by atoms with E-state index < -0.39 is 9.84 Å². The molecule has 0 aliphatic carbocycles. The van der Waals surface area contributed by atoms with Crippen LogP contribution in [0.4, 0.5) is 0 Å². The molecule has 0 bridgehead atoms.